The lowest BCUT2D eigenvalue weighted by Gasteiger charge is -2.18. The van der Waals surface area contributed by atoms with Crippen LogP contribution in [0.2, 0.25) is 0 Å². The smallest absolute Gasteiger partial charge is 0.189 e. The van der Waals surface area contributed by atoms with E-state index in [-0.39, 0.29) is 0 Å². The van der Waals surface area contributed by atoms with Gasteiger partial charge in [0.1, 0.15) is 0 Å². The fourth-order valence-electron chi connectivity index (χ4n) is 1.01. The molecule has 0 heterocycles. The molecule has 0 radical (unpaired) electrons. The summed E-state index contributed by atoms with van der Waals surface area (Å²) in [6.07, 6.45) is -4.24. The first kappa shape index (κ1) is 9.96. The monoisotopic (exact) mass is 187 g/mol. The SMILES string of the molecule is C[C-](C)c1cccc(C(F)(F)F)c1. The molecule has 0 atom stereocenters. The predicted octanol–water partition coefficient (Wildman–Crippen LogP) is 3.67. The lowest BCUT2D eigenvalue weighted by atomic mass is 10.0. The zero-order valence-corrected chi connectivity index (χ0v) is 7.44. The van der Waals surface area contributed by atoms with Gasteiger partial charge in [0.15, 0.2) is 0 Å². The number of rotatable bonds is 1. The Balaban J connectivity index is 3.06. The van der Waals surface area contributed by atoms with Crippen LogP contribution in [0.15, 0.2) is 24.3 Å². The summed E-state index contributed by atoms with van der Waals surface area (Å²) in [5.74, 6) is 0.881. The van der Waals surface area contributed by atoms with Crippen LogP contribution < -0.4 is 0 Å². The summed E-state index contributed by atoms with van der Waals surface area (Å²) in [7, 11) is 0. The van der Waals surface area contributed by atoms with E-state index in [9.17, 15) is 13.2 Å². The first-order chi connectivity index (χ1) is 5.91. The summed E-state index contributed by atoms with van der Waals surface area (Å²) in [6, 6.07) is 5.33. The van der Waals surface area contributed by atoms with E-state index in [1.807, 2.05) is 0 Å². The molecule has 1 rings (SSSR count). The fourth-order valence-corrected chi connectivity index (χ4v) is 1.01. The Bertz CT molecular complexity index is 286. The van der Waals surface area contributed by atoms with Crippen molar-refractivity contribution in [3.8, 4) is 0 Å². The molecule has 0 nitrogen and oxygen atoms in total. The average Bonchev–Trinajstić information content (AvgIpc) is 2.03. The van der Waals surface area contributed by atoms with Crippen molar-refractivity contribution in [1.29, 1.82) is 0 Å². The highest BCUT2D eigenvalue weighted by Gasteiger charge is 2.27. The molecular weight excluding hydrogens is 177 g/mol. The van der Waals surface area contributed by atoms with E-state index in [0.717, 1.165) is 18.1 Å². The van der Waals surface area contributed by atoms with Gasteiger partial charge in [-0.3, -0.25) is 0 Å². The van der Waals surface area contributed by atoms with Crippen LogP contribution in [0.25, 0.3) is 0 Å². The van der Waals surface area contributed by atoms with E-state index in [0.29, 0.717) is 5.56 Å². The number of hydrogen-bond acceptors (Lipinski definition) is 0. The van der Waals surface area contributed by atoms with E-state index in [1.54, 1.807) is 19.9 Å². The highest BCUT2D eigenvalue weighted by Crippen LogP contribution is 2.30. The molecule has 13 heavy (non-hydrogen) atoms. The molecule has 0 fully saturated rings. The topological polar surface area (TPSA) is 0 Å². The molecule has 0 saturated carbocycles. The summed E-state index contributed by atoms with van der Waals surface area (Å²) in [6.45, 7) is 3.57. The summed E-state index contributed by atoms with van der Waals surface area (Å²) in [5.41, 5.74) is 0.0426. The van der Waals surface area contributed by atoms with E-state index in [4.69, 9.17) is 0 Å². The van der Waals surface area contributed by atoms with Crippen molar-refractivity contribution in [3.05, 3.63) is 41.3 Å². The van der Waals surface area contributed by atoms with Crippen LogP contribution >= 0.6 is 0 Å². The highest BCUT2D eigenvalue weighted by atomic mass is 19.4. The zero-order chi connectivity index (χ0) is 10.1. The predicted molar refractivity (Wildman–Crippen MR) is 45.1 cm³/mol. The Kier molecular flexibility index (Phi) is 2.55. The van der Waals surface area contributed by atoms with Crippen molar-refractivity contribution in [1.82, 2.24) is 0 Å². The Morgan fingerprint density at radius 2 is 1.77 bits per heavy atom. The third-order valence-electron chi connectivity index (χ3n) is 1.77. The van der Waals surface area contributed by atoms with Gasteiger partial charge in [-0.15, -0.1) is 6.07 Å². The van der Waals surface area contributed by atoms with Gasteiger partial charge in [-0.25, -0.2) is 0 Å². The van der Waals surface area contributed by atoms with Crippen LogP contribution in [0.1, 0.15) is 25.0 Å². The molecule has 0 unspecified atom stereocenters. The van der Waals surface area contributed by atoms with Gasteiger partial charge in [0, 0.05) is 0 Å². The van der Waals surface area contributed by atoms with E-state index in [2.05, 4.69) is 0 Å². The third kappa shape index (κ3) is 2.41. The second-order valence-corrected chi connectivity index (χ2v) is 3.08. The largest absolute Gasteiger partial charge is 0.405 e. The molecule has 0 aliphatic carbocycles. The molecule has 0 bridgehead atoms. The van der Waals surface area contributed by atoms with Crippen LogP contribution in [-0.4, -0.2) is 0 Å². The second kappa shape index (κ2) is 3.32. The van der Waals surface area contributed by atoms with Crippen molar-refractivity contribution in [2.24, 2.45) is 0 Å². The number of hydrogen-bond donors (Lipinski definition) is 0. The van der Waals surface area contributed by atoms with Crippen molar-refractivity contribution >= 4 is 0 Å². The van der Waals surface area contributed by atoms with Crippen molar-refractivity contribution in [3.63, 3.8) is 0 Å². The normalized spacial score (nSPS) is 11.5. The molecule has 0 spiro atoms. The van der Waals surface area contributed by atoms with Gasteiger partial charge in [-0.2, -0.15) is 36.8 Å². The third-order valence-corrected chi connectivity index (χ3v) is 1.77. The quantitative estimate of drug-likeness (QED) is 0.588. The van der Waals surface area contributed by atoms with Gasteiger partial charge in [0.2, 0.25) is 0 Å². The Morgan fingerprint density at radius 3 is 2.23 bits per heavy atom. The van der Waals surface area contributed by atoms with E-state index in [1.165, 1.54) is 6.07 Å². The number of benzene rings is 1. The fraction of sp³-hybridized carbons (Fsp3) is 0.300. The maximum atomic E-state index is 12.2. The minimum atomic E-state index is -4.24. The van der Waals surface area contributed by atoms with Gasteiger partial charge >= 0.3 is 6.18 Å². The first-order valence-electron chi connectivity index (χ1n) is 3.89. The minimum Gasteiger partial charge on any atom is -0.189 e. The molecule has 0 aliphatic rings. The molecule has 0 aromatic heterocycles. The molecular formula is C10H10F3-. The molecule has 0 amide bonds. The second-order valence-electron chi connectivity index (χ2n) is 3.08. The van der Waals surface area contributed by atoms with Gasteiger partial charge in [0.25, 0.3) is 0 Å². The molecule has 1 aromatic rings. The average molecular weight is 187 g/mol. The van der Waals surface area contributed by atoms with Gasteiger partial charge in [-0.1, -0.05) is 19.9 Å². The first-order valence-corrected chi connectivity index (χ1v) is 3.89. The highest BCUT2D eigenvalue weighted by molar-refractivity contribution is 5.33. The van der Waals surface area contributed by atoms with Crippen LogP contribution in [-0.2, 0) is 6.18 Å². The Morgan fingerprint density at radius 1 is 1.15 bits per heavy atom. The van der Waals surface area contributed by atoms with Gasteiger partial charge in [0.05, 0.1) is 0 Å². The maximum Gasteiger partial charge on any atom is 0.405 e. The molecule has 3 heteroatoms. The number of halogens is 3. The zero-order valence-electron chi connectivity index (χ0n) is 7.44. The van der Waals surface area contributed by atoms with Crippen LogP contribution in [0.3, 0.4) is 0 Å². The van der Waals surface area contributed by atoms with Gasteiger partial charge in [-0.05, 0) is 5.56 Å². The number of alkyl halides is 3. The van der Waals surface area contributed by atoms with Crippen molar-refractivity contribution < 1.29 is 13.2 Å². The maximum absolute atomic E-state index is 12.2. The van der Waals surface area contributed by atoms with Gasteiger partial charge < -0.3 is 0 Å². The van der Waals surface area contributed by atoms with E-state index < -0.39 is 11.7 Å². The van der Waals surface area contributed by atoms with Crippen LogP contribution in [0.4, 0.5) is 13.2 Å². The summed E-state index contributed by atoms with van der Waals surface area (Å²) in [5, 5.41) is 0. The van der Waals surface area contributed by atoms with Crippen LogP contribution in [0, 0.1) is 5.92 Å². The lowest BCUT2D eigenvalue weighted by molar-refractivity contribution is -0.137. The molecule has 1 aromatic carbocycles. The van der Waals surface area contributed by atoms with Crippen LogP contribution in [0.5, 0.6) is 0 Å². The lowest BCUT2D eigenvalue weighted by Crippen LogP contribution is -2.05. The Labute approximate surface area is 75.4 Å². The van der Waals surface area contributed by atoms with Crippen molar-refractivity contribution in [2.45, 2.75) is 20.0 Å². The summed E-state index contributed by atoms with van der Waals surface area (Å²) < 4.78 is 36.7. The molecule has 72 valence electrons. The standard InChI is InChI=1S/C10H10F3/c1-7(2)8-4-3-5-9(6-8)10(11,12)13/h3-6H,1-2H3/q-1. The summed E-state index contributed by atoms with van der Waals surface area (Å²) in [4.78, 5) is 0. The van der Waals surface area contributed by atoms with Crippen molar-refractivity contribution in [2.75, 3.05) is 0 Å². The summed E-state index contributed by atoms with van der Waals surface area (Å²) >= 11 is 0. The Hall–Kier alpha value is -1.12. The molecule has 0 aliphatic heterocycles. The molecule has 0 saturated heterocycles. The minimum absolute atomic E-state index is 0.591. The van der Waals surface area contributed by atoms with E-state index >= 15 is 0 Å². The molecule has 0 N–H and O–H groups in total.